The van der Waals surface area contributed by atoms with Gasteiger partial charge in [-0.2, -0.15) is 0 Å². The van der Waals surface area contributed by atoms with Gasteiger partial charge >= 0.3 is 12.0 Å². The van der Waals surface area contributed by atoms with E-state index in [0.29, 0.717) is 0 Å². The Balaban J connectivity index is 2.14. The van der Waals surface area contributed by atoms with Crippen molar-refractivity contribution in [3.8, 4) is 0 Å². The van der Waals surface area contributed by atoms with E-state index in [9.17, 15) is 14.4 Å². The lowest BCUT2D eigenvalue weighted by atomic mass is 10.4. The lowest BCUT2D eigenvalue weighted by molar-refractivity contribution is -0.150. The molecule has 1 atom stereocenters. The molecule has 0 aromatic rings. The Kier molecular flexibility index (Phi) is 4.24. The van der Waals surface area contributed by atoms with E-state index in [1.807, 2.05) is 5.32 Å². The summed E-state index contributed by atoms with van der Waals surface area (Å²) >= 11 is 0. The molecule has 0 radical (unpaired) electrons. The zero-order chi connectivity index (χ0) is 12.1. The summed E-state index contributed by atoms with van der Waals surface area (Å²) in [6, 6.07) is -0.411. The zero-order valence-corrected chi connectivity index (χ0v) is 8.86. The molecule has 3 N–H and O–H groups in total. The van der Waals surface area contributed by atoms with E-state index in [0.717, 1.165) is 12.8 Å². The van der Waals surface area contributed by atoms with E-state index >= 15 is 0 Å². The summed E-state index contributed by atoms with van der Waals surface area (Å²) in [5, 5.41) is 13.1. The Hall–Kier alpha value is -1.63. The molecule has 1 fully saturated rings. The van der Waals surface area contributed by atoms with Crippen LogP contribution in [-0.2, 0) is 14.3 Å². The van der Waals surface area contributed by atoms with E-state index in [2.05, 4.69) is 5.32 Å². The van der Waals surface area contributed by atoms with Gasteiger partial charge in [-0.3, -0.25) is 10.1 Å². The van der Waals surface area contributed by atoms with Crippen molar-refractivity contribution >= 4 is 17.9 Å². The average Bonchev–Trinajstić information content (AvgIpc) is 2.97. The Morgan fingerprint density at radius 2 is 2.06 bits per heavy atom. The molecule has 1 rings (SSSR count). The maximum atomic E-state index is 11.1. The van der Waals surface area contributed by atoms with Gasteiger partial charge in [-0.05, 0) is 19.8 Å². The number of urea groups is 1. The van der Waals surface area contributed by atoms with Gasteiger partial charge in [0, 0.05) is 6.04 Å². The van der Waals surface area contributed by atoms with Gasteiger partial charge < -0.3 is 15.2 Å². The standard InChI is InChI=1S/C9H14N2O5/c1-5(8(13)14)16-4-7(12)11-9(15)10-6-2-3-6/h5-6H,2-4H2,1H3,(H,13,14)(H2,10,11,12,15). The van der Waals surface area contributed by atoms with E-state index in [1.165, 1.54) is 6.92 Å². The predicted molar refractivity (Wildman–Crippen MR) is 52.7 cm³/mol. The Morgan fingerprint density at radius 3 is 2.56 bits per heavy atom. The first-order valence-corrected chi connectivity index (χ1v) is 4.94. The van der Waals surface area contributed by atoms with Crippen molar-refractivity contribution in [2.45, 2.75) is 31.9 Å². The van der Waals surface area contributed by atoms with Crippen LogP contribution in [0.2, 0.25) is 0 Å². The maximum Gasteiger partial charge on any atom is 0.332 e. The fourth-order valence-electron chi connectivity index (χ4n) is 0.884. The highest BCUT2D eigenvalue weighted by Crippen LogP contribution is 2.18. The number of carboxylic acid groups (broad SMARTS) is 1. The number of imide groups is 1. The van der Waals surface area contributed by atoms with Crippen LogP contribution in [0.4, 0.5) is 4.79 Å². The van der Waals surface area contributed by atoms with Crippen LogP contribution in [0.15, 0.2) is 0 Å². The van der Waals surface area contributed by atoms with Gasteiger partial charge in [0.2, 0.25) is 0 Å². The number of ether oxygens (including phenoxy) is 1. The molecule has 0 aliphatic heterocycles. The van der Waals surface area contributed by atoms with Crippen molar-refractivity contribution in [2.24, 2.45) is 0 Å². The molecule has 7 heteroatoms. The number of hydrogen-bond donors (Lipinski definition) is 3. The van der Waals surface area contributed by atoms with Gasteiger partial charge in [0.15, 0.2) is 6.10 Å². The van der Waals surface area contributed by atoms with Crippen LogP contribution in [0, 0.1) is 0 Å². The van der Waals surface area contributed by atoms with Crippen molar-refractivity contribution < 1.29 is 24.2 Å². The Morgan fingerprint density at radius 1 is 1.44 bits per heavy atom. The van der Waals surface area contributed by atoms with E-state index in [-0.39, 0.29) is 6.04 Å². The minimum absolute atomic E-state index is 0.159. The minimum Gasteiger partial charge on any atom is -0.479 e. The Bertz CT molecular complexity index is 300. The summed E-state index contributed by atoms with van der Waals surface area (Å²) in [6.07, 6.45) is 0.778. The topological polar surface area (TPSA) is 105 Å². The average molecular weight is 230 g/mol. The van der Waals surface area contributed by atoms with Crippen molar-refractivity contribution in [3.05, 3.63) is 0 Å². The molecule has 7 nitrogen and oxygen atoms in total. The summed E-state index contributed by atoms with van der Waals surface area (Å²) in [4.78, 5) is 32.5. The highest BCUT2D eigenvalue weighted by molar-refractivity contribution is 5.95. The molecule has 0 bridgehead atoms. The van der Waals surface area contributed by atoms with E-state index in [1.54, 1.807) is 0 Å². The minimum atomic E-state index is -1.16. The molecule has 1 aliphatic carbocycles. The molecule has 0 heterocycles. The van der Waals surface area contributed by atoms with Gasteiger partial charge in [0.25, 0.3) is 5.91 Å². The largest absolute Gasteiger partial charge is 0.479 e. The van der Waals surface area contributed by atoms with E-state index in [4.69, 9.17) is 9.84 Å². The summed E-state index contributed by atoms with van der Waals surface area (Å²) in [6.45, 7) is 0.853. The van der Waals surface area contributed by atoms with Gasteiger partial charge in [-0.1, -0.05) is 0 Å². The normalized spacial score (nSPS) is 16.3. The quantitative estimate of drug-likeness (QED) is 0.588. The van der Waals surface area contributed by atoms with Crippen LogP contribution in [-0.4, -0.2) is 41.8 Å². The third-order valence-corrected chi connectivity index (χ3v) is 1.98. The molecule has 1 saturated carbocycles. The van der Waals surface area contributed by atoms with Crippen LogP contribution < -0.4 is 10.6 Å². The second kappa shape index (κ2) is 5.45. The molecular formula is C9H14N2O5. The predicted octanol–water partition coefficient (Wildman–Crippen LogP) is -0.536. The number of amides is 3. The SMILES string of the molecule is CC(OCC(=O)NC(=O)NC1CC1)C(=O)O. The molecule has 0 saturated heterocycles. The summed E-state index contributed by atoms with van der Waals surface area (Å²) < 4.78 is 4.70. The second-order valence-corrected chi connectivity index (χ2v) is 3.59. The van der Waals surface area contributed by atoms with Crippen molar-refractivity contribution in [1.29, 1.82) is 0 Å². The molecule has 3 amide bonds. The summed E-state index contributed by atoms with van der Waals surface area (Å²) in [7, 11) is 0. The monoisotopic (exact) mass is 230 g/mol. The van der Waals surface area contributed by atoms with Gasteiger partial charge in [0.1, 0.15) is 6.61 Å². The lowest BCUT2D eigenvalue weighted by Crippen LogP contribution is -2.42. The first-order valence-electron chi connectivity index (χ1n) is 4.94. The number of rotatable bonds is 5. The molecule has 90 valence electrons. The highest BCUT2D eigenvalue weighted by Gasteiger charge is 2.24. The van der Waals surface area contributed by atoms with E-state index < -0.39 is 30.6 Å². The fourth-order valence-corrected chi connectivity index (χ4v) is 0.884. The van der Waals surface area contributed by atoms with Gasteiger partial charge in [0.05, 0.1) is 0 Å². The summed E-state index contributed by atoms with van der Waals surface area (Å²) in [5.74, 6) is -1.82. The second-order valence-electron chi connectivity index (χ2n) is 3.59. The van der Waals surface area contributed by atoms with Crippen LogP contribution in [0.5, 0.6) is 0 Å². The zero-order valence-electron chi connectivity index (χ0n) is 8.86. The molecule has 1 aliphatic rings. The number of hydrogen-bond acceptors (Lipinski definition) is 4. The molecular weight excluding hydrogens is 216 g/mol. The molecule has 0 aromatic carbocycles. The van der Waals surface area contributed by atoms with Crippen LogP contribution in [0.3, 0.4) is 0 Å². The first-order chi connectivity index (χ1) is 7.49. The van der Waals surface area contributed by atoms with Crippen molar-refractivity contribution in [1.82, 2.24) is 10.6 Å². The fraction of sp³-hybridized carbons (Fsp3) is 0.667. The number of carboxylic acids is 1. The van der Waals surface area contributed by atoms with Crippen LogP contribution >= 0.6 is 0 Å². The smallest absolute Gasteiger partial charge is 0.332 e. The number of aliphatic carboxylic acids is 1. The summed E-state index contributed by atoms with van der Waals surface area (Å²) in [5.41, 5.74) is 0. The Labute approximate surface area is 92.1 Å². The number of nitrogens with one attached hydrogen (secondary N) is 2. The van der Waals surface area contributed by atoms with Gasteiger partial charge in [-0.15, -0.1) is 0 Å². The molecule has 16 heavy (non-hydrogen) atoms. The van der Waals surface area contributed by atoms with Crippen LogP contribution in [0.25, 0.3) is 0 Å². The van der Waals surface area contributed by atoms with Crippen molar-refractivity contribution in [3.63, 3.8) is 0 Å². The maximum absolute atomic E-state index is 11.1. The third kappa shape index (κ3) is 4.74. The third-order valence-electron chi connectivity index (χ3n) is 1.98. The highest BCUT2D eigenvalue weighted by atomic mass is 16.5. The molecule has 0 aromatic heterocycles. The molecule has 1 unspecified atom stereocenters. The first kappa shape index (κ1) is 12.4. The number of carbonyl (C=O) groups excluding carboxylic acids is 2. The number of carbonyl (C=O) groups is 3. The van der Waals surface area contributed by atoms with Gasteiger partial charge in [-0.25, -0.2) is 9.59 Å². The van der Waals surface area contributed by atoms with Crippen molar-refractivity contribution in [2.75, 3.05) is 6.61 Å². The van der Waals surface area contributed by atoms with Crippen LogP contribution in [0.1, 0.15) is 19.8 Å². The molecule has 0 spiro atoms. The lowest BCUT2D eigenvalue weighted by Gasteiger charge is -2.08.